The van der Waals surface area contributed by atoms with Gasteiger partial charge in [-0.25, -0.2) is 4.98 Å². The summed E-state index contributed by atoms with van der Waals surface area (Å²) >= 11 is 3.16. The Morgan fingerprint density at radius 3 is 2.83 bits per heavy atom. The summed E-state index contributed by atoms with van der Waals surface area (Å²) in [5.41, 5.74) is 0.955. The predicted molar refractivity (Wildman–Crippen MR) is 93.0 cm³/mol. The topological polar surface area (TPSA) is 90.0 Å². The molecule has 0 aliphatic carbocycles. The first-order valence-electron chi connectivity index (χ1n) is 7.06. The highest BCUT2D eigenvalue weighted by atomic mass is 32.1. The zero-order chi connectivity index (χ0) is 17.1. The van der Waals surface area contributed by atoms with E-state index < -0.39 is 0 Å². The van der Waals surface area contributed by atoms with Gasteiger partial charge < -0.3 is 9.64 Å². The monoisotopic (exact) mass is 356 g/mol. The third-order valence-corrected chi connectivity index (χ3v) is 5.23. The zero-order valence-corrected chi connectivity index (χ0v) is 14.4. The quantitative estimate of drug-likeness (QED) is 0.655. The van der Waals surface area contributed by atoms with E-state index in [9.17, 15) is 4.79 Å². The number of nitriles is 2. The Morgan fingerprint density at radius 2 is 2.12 bits per heavy atom. The molecule has 0 bridgehead atoms. The van der Waals surface area contributed by atoms with Crippen molar-refractivity contribution in [3.8, 4) is 17.9 Å². The van der Waals surface area contributed by atoms with Gasteiger partial charge in [0.2, 0.25) is 0 Å². The van der Waals surface area contributed by atoms with Gasteiger partial charge in [0.15, 0.2) is 6.61 Å². The van der Waals surface area contributed by atoms with E-state index in [2.05, 4.69) is 4.98 Å². The summed E-state index contributed by atoms with van der Waals surface area (Å²) in [5.74, 6) is 0.228. The lowest BCUT2D eigenvalue weighted by Gasteiger charge is -2.16. The second-order valence-electron chi connectivity index (χ2n) is 4.97. The molecule has 120 valence electrons. The minimum atomic E-state index is -0.387. The normalized spacial score (nSPS) is 10.5. The Hall–Kier alpha value is -2.68. The standard InChI is InChI=1S/C16H12N4O2S2/c1-10-19-15-13(24-10)8-12(11-2-7-23-16(11)15)22-9-14(21)20(5-3-17)6-4-18/h2,7-8H,5-6,9H2,1H3. The second-order valence-corrected chi connectivity index (χ2v) is 7.12. The first-order valence-corrected chi connectivity index (χ1v) is 8.75. The third kappa shape index (κ3) is 3.02. The molecule has 0 saturated carbocycles. The molecule has 2 aromatic heterocycles. The molecule has 8 heteroatoms. The number of ether oxygens (including phenoxy) is 1. The molecule has 1 amide bonds. The van der Waals surface area contributed by atoms with Gasteiger partial charge in [0.05, 0.1) is 32.1 Å². The van der Waals surface area contributed by atoms with Crippen molar-refractivity contribution in [2.45, 2.75) is 6.92 Å². The number of hydrogen-bond acceptors (Lipinski definition) is 7. The number of thiophene rings is 1. The van der Waals surface area contributed by atoms with Crippen LogP contribution in [-0.4, -0.2) is 35.5 Å². The molecule has 0 spiro atoms. The number of aromatic nitrogens is 1. The van der Waals surface area contributed by atoms with Crippen LogP contribution in [0.3, 0.4) is 0 Å². The molecule has 1 aromatic carbocycles. The minimum absolute atomic E-state index is 0.128. The highest BCUT2D eigenvalue weighted by Gasteiger charge is 2.16. The molecule has 3 aromatic rings. The number of amides is 1. The molecule has 24 heavy (non-hydrogen) atoms. The van der Waals surface area contributed by atoms with E-state index in [4.69, 9.17) is 15.3 Å². The van der Waals surface area contributed by atoms with Gasteiger partial charge >= 0.3 is 0 Å². The lowest BCUT2D eigenvalue weighted by atomic mass is 10.2. The van der Waals surface area contributed by atoms with E-state index in [0.29, 0.717) is 5.75 Å². The Kier molecular flexibility index (Phi) is 4.61. The van der Waals surface area contributed by atoms with Gasteiger partial charge in [0, 0.05) is 11.5 Å². The van der Waals surface area contributed by atoms with Gasteiger partial charge in [0.1, 0.15) is 18.8 Å². The van der Waals surface area contributed by atoms with Crippen molar-refractivity contribution < 1.29 is 9.53 Å². The smallest absolute Gasteiger partial charge is 0.262 e. The van der Waals surface area contributed by atoms with Gasteiger partial charge in [-0.15, -0.1) is 22.7 Å². The number of aryl methyl sites for hydroxylation is 1. The summed E-state index contributed by atoms with van der Waals surface area (Å²) in [4.78, 5) is 17.8. The Bertz CT molecular complexity index is 977. The first-order chi connectivity index (χ1) is 11.6. The number of carbonyl (C=O) groups excluding carboxylic acids is 1. The highest BCUT2D eigenvalue weighted by molar-refractivity contribution is 7.21. The Labute approximate surface area is 146 Å². The summed E-state index contributed by atoms with van der Waals surface area (Å²) < 4.78 is 7.75. The lowest BCUT2D eigenvalue weighted by molar-refractivity contribution is -0.132. The van der Waals surface area contributed by atoms with Crippen LogP contribution < -0.4 is 4.74 Å². The maximum absolute atomic E-state index is 12.1. The third-order valence-electron chi connectivity index (χ3n) is 3.40. The fourth-order valence-electron chi connectivity index (χ4n) is 2.34. The van der Waals surface area contributed by atoms with Crippen LogP contribution in [0.25, 0.3) is 20.3 Å². The molecule has 0 aliphatic heterocycles. The molecular formula is C16H12N4O2S2. The molecule has 3 rings (SSSR count). The van der Waals surface area contributed by atoms with Crippen LogP contribution in [0.2, 0.25) is 0 Å². The van der Waals surface area contributed by atoms with Crippen LogP contribution in [0, 0.1) is 29.6 Å². The van der Waals surface area contributed by atoms with E-state index in [-0.39, 0.29) is 25.6 Å². The van der Waals surface area contributed by atoms with Crippen LogP contribution in [0.1, 0.15) is 5.01 Å². The molecule has 0 saturated heterocycles. The number of nitrogens with zero attached hydrogens (tertiary/aromatic N) is 4. The summed E-state index contributed by atoms with van der Waals surface area (Å²) in [7, 11) is 0. The largest absolute Gasteiger partial charge is 0.483 e. The van der Waals surface area contributed by atoms with Crippen LogP contribution in [-0.2, 0) is 4.79 Å². The van der Waals surface area contributed by atoms with Crippen LogP contribution in [0.5, 0.6) is 5.75 Å². The lowest BCUT2D eigenvalue weighted by Crippen LogP contribution is -2.35. The van der Waals surface area contributed by atoms with Crippen molar-refractivity contribution in [2.75, 3.05) is 19.7 Å². The first kappa shape index (κ1) is 16.2. The Balaban J connectivity index is 1.87. The zero-order valence-electron chi connectivity index (χ0n) is 12.8. The average Bonchev–Trinajstić information content (AvgIpc) is 3.17. The van der Waals surface area contributed by atoms with Gasteiger partial charge in [0.25, 0.3) is 5.91 Å². The van der Waals surface area contributed by atoms with E-state index in [1.165, 1.54) is 4.90 Å². The van der Waals surface area contributed by atoms with Gasteiger partial charge in [-0.3, -0.25) is 4.79 Å². The second kappa shape index (κ2) is 6.83. The number of benzene rings is 1. The van der Waals surface area contributed by atoms with Gasteiger partial charge in [-0.2, -0.15) is 10.5 Å². The molecule has 0 aliphatic rings. The summed E-state index contributed by atoms with van der Waals surface area (Å²) in [6, 6.07) is 7.59. The molecule has 6 nitrogen and oxygen atoms in total. The molecule has 2 heterocycles. The van der Waals surface area contributed by atoms with Crippen molar-refractivity contribution in [1.82, 2.24) is 9.88 Å². The molecule has 0 radical (unpaired) electrons. The fraction of sp³-hybridized carbons (Fsp3) is 0.250. The van der Waals surface area contributed by atoms with Crippen molar-refractivity contribution >= 4 is 48.9 Å². The van der Waals surface area contributed by atoms with Crippen LogP contribution in [0.15, 0.2) is 17.5 Å². The van der Waals surface area contributed by atoms with Crippen molar-refractivity contribution in [1.29, 1.82) is 10.5 Å². The number of hydrogen-bond donors (Lipinski definition) is 0. The van der Waals surface area contributed by atoms with E-state index >= 15 is 0 Å². The maximum Gasteiger partial charge on any atom is 0.262 e. The number of carbonyl (C=O) groups is 1. The number of fused-ring (bicyclic) bond motifs is 3. The number of thiazole rings is 1. The molecule has 0 fully saturated rings. The summed E-state index contributed by atoms with van der Waals surface area (Å²) in [6.45, 7) is 1.49. The summed E-state index contributed by atoms with van der Waals surface area (Å²) in [5, 5.41) is 21.3. The molecular weight excluding hydrogens is 344 g/mol. The van der Waals surface area contributed by atoms with E-state index in [1.807, 2.05) is 36.6 Å². The van der Waals surface area contributed by atoms with Crippen molar-refractivity contribution in [3.63, 3.8) is 0 Å². The molecule has 0 atom stereocenters. The molecule has 0 N–H and O–H groups in total. The van der Waals surface area contributed by atoms with E-state index in [0.717, 1.165) is 25.3 Å². The van der Waals surface area contributed by atoms with Gasteiger partial charge in [-0.1, -0.05) is 0 Å². The van der Waals surface area contributed by atoms with Crippen molar-refractivity contribution in [3.05, 3.63) is 22.5 Å². The maximum atomic E-state index is 12.1. The highest BCUT2D eigenvalue weighted by Crippen LogP contribution is 2.38. The fourth-order valence-corrected chi connectivity index (χ4v) is 4.17. The Morgan fingerprint density at radius 1 is 1.38 bits per heavy atom. The van der Waals surface area contributed by atoms with Crippen molar-refractivity contribution in [2.24, 2.45) is 0 Å². The van der Waals surface area contributed by atoms with Gasteiger partial charge in [-0.05, 0) is 18.4 Å². The SMILES string of the molecule is Cc1nc2c(cc(OCC(=O)N(CC#N)CC#N)c3ccsc32)s1. The van der Waals surface area contributed by atoms with Crippen LogP contribution in [0.4, 0.5) is 0 Å². The number of rotatable bonds is 5. The van der Waals surface area contributed by atoms with E-state index in [1.54, 1.807) is 22.7 Å². The molecule has 0 unspecified atom stereocenters. The minimum Gasteiger partial charge on any atom is -0.483 e. The summed E-state index contributed by atoms with van der Waals surface area (Å²) in [6.07, 6.45) is 0. The van der Waals surface area contributed by atoms with Crippen LogP contribution >= 0.6 is 22.7 Å². The average molecular weight is 356 g/mol. The predicted octanol–water partition coefficient (Wildman–Crippen LogP) is 3.07.